The number of piperazine rings is 1. The summed E-state index contributed by atoms with van der Waals surface area (Å²) in [6, 6.07) is 6.86. The summed E-state index contributed by atoms with van der Waals surface area (Å²) in [7, 11) is 2.12. The number of hydrogen-bond acceptors (Lipinski definition) is 5. The number of benzene rings is 1. The molecule has 2 fully saturated rings. The molecule has 0 aromatic heterocycles. The fourth-order valence-corrected chi connectivity index (χ4v) is 3.95. The minimum atomic E-state index is -0.685. The van der Waals surface area contributed by atoms with Crippen molar-refractivity contribution in [2.24, 2.45) is 5.92 Å². The molecular formula is C23H33N5O2. The van der Waals surface area contributed by atoms with Crippen molar-refractivity contribution >= 4 is 17.5 Å². The van der Waals surface area contributed by atoms with Gasteiger partial charge in [0, 0.05) is 43.5 Å². The van der Waals surface area contributed by atoms with Crippen molar-refractivity contribution in [2.75, 3.05) is 38.1 Å². The molecule has 162 valence electrons. The molecular weight excluding hydrogens is 378 g/mol. The number of rotatable bonds is 7. The molecule has 30 heavy (non-hydrogen) atoms. The van der Waals surface area contributed by atoms with Crippen molar-refractivity contribution in [3.8, 4) is 6.19 Å². The standard InChI is InChI=1S/C23H33N5O2/c1-17(2)15-21(23(30)28(16-24)20-5-4-6-20)25-22(29)18-7-9-19(10-8-18)27-13-11-26(3)12-14-27/h7-10,17,20-21H,4-6,11-15H2,1-3H3,(H,25,29). The third kappa shape index (κ3) is 5.31. The highest BCUT2D eigenvalue weighted by atomic mass is 16.2. The van der Waals surface area contributed by atoms with Crippen LogP contribution in [0, 0.1) is 17.4 Å². The predicted molar refractivity (Wildman–Crippen MR) is 117 cm³/mol. The zero-order valence-corrected chi connectivity index (χ0v) is 18.3. The number of anilines is 1. The van der Waals surface area contributed by atoms with Crippen LogP contribution in [0.4, 0.5) is 5.69 Å². The van der Waals surface area contributed by atoms with E-state index >= 15 is 0 Å². The van der Waals surface area contributed by atoms with E-state index in [9.17, 15) is 14.9 Å². The third-order valence-corrected chi connectivity index (χ3v) is 6.09. The Morgan fingerprint density at radius 3 is 2.30 bits per heavy atom. The number of nitriles is 1. The monoisotopic (exact) mass is 411 g/mol. The molecule has 2 aliphatic rings. The summed E-state index contributed by atoms with van der Waals surface area (Å²) in [5, 5.41) is 12.4. The normalized spacial score (nSPS) is 18.4. The lowest BCUT2D eigenvalue weighted by Gasteiger charge is -2.34. The summed E-state index contributed by atoms with van der Waals surface area (Å²) < 4.78 is 0. The van der Waals surface area contributed by atoms with E-state index in [4.69, 9.17) is 0 Å². The van der Waals surface area contributed by atoms with Crippen molar-refractivity contribution in [3.63, 3.8) is 0 Å². The van der Waals surface area contributed by atoms with Gasteiger partial charge in [-0.2, -0.15) is 5.26 Å². The van der Waals surface area contributed by atoms with Gasteiger partial charge in [-0.25, -0.2) is 4.90 Å². The van der Waals surface area contributed by atoms with Crippen LogP contribution in [0.15, 0.2) is 24.3 Å². The van der Waals surface area contributed by atoms with Gasteiger partial charge in [0.2, 0.25) is 0 Å². The first kappa shape index (κ1) is 22.1. The van der Waals surface area contributed by atoms with Crippen LogP contribution in [0.2, 0.25) is 0 Å². The molecule has 1 aromatic rings. The quantitative estimate of drug-likeness (QED) is 0.551. The fraction of sp³-hybridized carbons (Fsp3) is 0.609. The minimum absolute atomic E-state index is 0.0167. The third-order valence-electron chi connectivity index (χ3n) is 6.09. The first-order valence-electron chi connectivity index (χ1n) is 11.0. The SMILES string of the molecule is CC(C)CC(NC(=O)c1ccc(N2CCN(C)CC2)cc1)C(=O)N(C#N)C1CCC1. The molecule has 1 aromatic carbocycles. The number of hydrogen-bond donors (Lipinski definition) is 1. The molecule has 1 aliphatic carbocycles. The van der Waals surface area contributed by atoms with Crippen molar-refractivity contribution < 1.29 is 9.59 Å². The molecule has 7 heteroatoms. The van der Waals surface area contributed by atoms with E-state index < -0.39 is 6.04 Å². The van der Waals surface area contributed by atoms with Crippen LogP contribution in [0.25, 0.3) is 0 Å². The summed E-state index contributed by atoms with van der Waals surface area (Å²) >= 11 is 0. The van der Waals surface area contributed by atoms with Gasteiger partial charge >= 0.3 is 0 Å². The zero-order valence-electron chi connectivity index (χ0n) is 18.3. The van der Waals surface area contributed by atoms with Gasteiger partial charge in [0.25, 0.3) is 11.8 Å². The van der Waals surface area contributed by atoms with Crippen LogP contribution >= 0.6 is 0 Å². The molecule has 3 rings (SSSR count). The van der Waals surface area contributed by atoms with Gasteiger partial charge in [0.05, 0.1) is 0 Å². The second-order valence-corrected chi connectivity index (χ2v) is 8.89. The highest BCUT2D eigenvalue weighted by molar-refractivity contribution is 5.98. The number of nitrogens with one attached hydrogen (secondary N) is 1. The minimum Gasteiger partial charge on any atom is -0.369 e. The topological polar surface area (TPSA) is 79.7 Å². The van der Waals surface area contributed by atoms with Gasteiger partial charge in [-0.3, -0.25) is 9.59 Å². The largest absolute Gasteiger partial charge is 0.369 e. The van der Waals surface area contributed by atoms with Gasteiger partial charge in [0.1, 0.15) is 6.04 Å². The van der Waals surface area contributed by atoms with E-state index in [0.717, 1.165) is 51.1 Å². The lowest BCUT2D eigenvalue weighted by molar-refractivity contribution is -0.133. The number of carbonyl (C=O) groups is 2. The Labute approximate surface area is 179 Å². The molecule has 1 saturated carbocycles. The van der Waals surface area contributed by atoms with Gasteiger partial charge < -0.3 is 15.1 Å². The molecule has 2 amide bonds. The predicted octanol–water partition coefficient (Wildman–Crippen LogP) is 2.45. The van der Waals surface area contributed by atoms with Gasteiger partial charge in [-0.1, -0.05) is 13.8 Å². The first-order chi connectivity index (χ1) is 14.4. The molecule has 0 radical (unpaired) electrons. The summed E-state index contributed by atoms with van der Waals surface area (Å²) in [5.41, 5.74) is 1.64. The zero-order chi connectivity index (χ0) is 21.7. The Kier molecular flexibility index (Phi) is 7.33. The molecule has 1 saturated heterocycles. The molecule has 1 N–H and O–H groups in total. The van der Waals surface area contributed by atoms with Crippen molar-refractivity contribution in [2.45, 2.75) is 51.6 Å². The molecule has 0 spiro atoms. The van der Waals surface area contributed by atoms with Crippen LogP contribution in [-0.2, 0) is 4.79 Å². The average molecular weight is 412 g/mol. The number of amides is 2. The van der Waals surface area contributed by atoms with E-state index in [0.29, 0.717) is 12.0 Å². The number of carbonyl (C=O) groups excluding carboxylic acids is 2. The maximum absolute atomic E-state index is 13.0. The van der Waals surface area contributed by atoms with E-state index in [1.54, 1.807) is 0 Å². The van der Waals surface area contributed by atoms with Crippen LogP contribution in [0.1, 0.15) is 49.9 Å². The maximum atomic E-state index is 13.0. The highest BCUT2D eigenvalue weighted by Gasteiger charge is 2.34. The Balaban J connectivity index is 1.66. The van der Waals surface area contributed by atoms with E-state index in [1.807, 2.05) is 44.3 Å². The van der Waals surface area contributed by atoms with Gasteiger partial charge in [-0.15, -0.1) is 0 Å². The first-order valence-corrected chi connectivity index (χ1v) is 11.0. The Morgan fingerprint density at radius 1 is 1.17 bits per heavy atom. The molecule has 1 unspecified atom stereocenters. The maximum Gasteiger partial charge on any atom is 0.258 e. The van der Waals surface area contributed by atoms with Crippen molar-refractivity contribution in [1.29, 1.82) is 5.26 Å². The molecule has 1 heterocycles. The Morgan fingerprint density at radius 2 is 1.80 bits per heavy atom. The van der Waals surface area contributed by atoms with E-state index in [2.05, 4.69) is 22.2 Å². The van der Waals surface area contributed by atoms with Crippen LogP contribution in [-0.4, -0.2) is 66.9 Å². The summed E-state index contributed by atoms with van der Waals surface area (Å²) in [6.07, 6.45) is 5.30. The van der Waals surface area contributed by atoms with Gasteiger partial charge in [-0.05, 0) is 62.9 Å². The van der Waals surface area contributed by atoms with E-state index in [-0.39, 0.29) is 23.8 Å². The summed E-state index contributed by atoms with van der Waals surface area (Å²) in [4.78, 5) is 31.7. The second kappa shape index (κ2) is 9.94. The lowest BCUT2D eigenvalue weighted by atomic mass is 9.91. The Hall–Kier alpha value is -2.59. The molecule has 7 nitrogen and oxygen atoms in total. The van der Waals surface area contributed by atoms with Crippen LogP contribution in [0.5, 0.6) is 0 Å². The van der Waals surface area contributed by atoms with Crippen molar-refractivity contribution in [3.05, 3.63) is 29.8 Å². The molecule has 0 bridgehead atoms. The van der Waals surface area contributed by atoms with E-state index in [1.165, 1.54) is 4.90 Å². The number of nitrogens with zero attached hydrogens (tertiary/aromatic N) is 4. The summed E-state index contributed by atoms with van der Waals surface area (Å²) in [5.74, 6) is -0.343. The van der Waals surface area contributed by atoms with Crippen molar-refractivity contribution in [1.82, 2.24) is 15.1 Å². The fourth-order valence-electron chi connectivity index (χ4n) is 3.95. The average Bonchev–Trinajstić information content (AvgIpc) is 2.70. The van der Waals surface area contributed by atoms with Gasteiger partial charge in [0.15, 0.2) is 6.19 Å². The van der Waals surface area contributed by atoms with Crippen LogP contribution < -0.4 is 10.2 Å². The molecule has 1 aliphatic heterocycles. The Bertz CT molecular complexity index is 774. The highest BCUT2D eigenvalue weighted by Crippen LogP contribution is 2.25. The number of likely N-dealkylation sites (N-methyl/N-ethyl adjacent to an activating group) is 1. The second-order valence-electron chi connectivity index (χ2n) is 8.89. The molecule has 1 atom stereocenters. The smallest absolute Gasteiger partial charge is 0.258 e. The lowest BCUT2D eigenvalue weighted by Crippen LogP contribution is -2.52. The summed E-state index contributed by atoms with van der Waals surface area (Å²) in [6.45, 7) is 8.01. The van der Waals surface area contributed by atoms with Crippen LogP contribution in [0.3, 0.4) is 0 Å².